The lowest BCUT2D eigenvalue weighted by Gasteiger charge is -2.03. The zero-order valence-electron chi connectivity index (χ0n) is 9.61. The molecule has 80 valence electrons. The molecule has 2 rings (SSSR count). The second-order valence-corrected chi connectivity index (χ2v) is 4.49. The Bertz CT molecular complexity index is 471. The van der Waals surface area contributed by atoms with Crippen LogP contribution in [0.1, 0.15) is 50.8 Å². The first-order chi connectivity index (χ1) is 7.09. The van der Waals surface area contributed by atoms with Crippen molar-refractivity contribution < 1.29 is 4.52 Å². The Morgan fingerprint density at radius 3 is 2.47 bits per heavy atom. The third-order valence-electron chi connectivity index (χ3n) is 2.57. The van der Waals surface area contributed by atoms with Gasteiger partial charge in [0.05, 0.1) is 0 Å². The van der Waals surface area contributed by atoms with Gasteiger partial charge in [-0.1, -0.05) is 32.9 Å². The van der Waals surface area contributed by atoms with Gasteiger partial charge < -0.3 is 4.52 Å². The number of hydrogen-bond donors (Lipinski definition) is 0. The molecule has 0 bridgehead atoms. The lowest BCUT2D eigenvalue weighted by molar-refractivity contribution is 0.441. The molecule has 0 atom stereocenters. The monoisotopic (exact) mass is 204 g/mol. The van der Waals surface area contributed by atoms with E-state index in [1.54, 1.807) is 0 Å². The molecule has 3 heteroatoms. The van der Waals surface area contributed by atoms with Gasteiger partial charge in [-0.25, -0.2) is 0 Å². The molecular formula is C12H16N2O. The Kier molecular flexibility index (Phi) is 2.47. The summed E-state index contributed by atoms with van der Waals surface area (Å²) >= 11 is 0. The van der Waals surface area contributed by atoms with Crippen molar-refractivity contribution in [2.75, 3.05) is 0 Å². The molecule has 3 nitrogen and oxygen atoms in total. The summed E-state index contributed by atoms with van der Waals surface area (Å²) in [6, 6.07) is 2.03. The highest BCUT2D eigenvalue weighted by atomic mass is 16.5. The summed E-state index contributed by atoms with van der Waals surface area (Å²) in [5, 5.41) is 4.06. The maximum absolute atomic E-state index is 5.29. The van der Waals surface area contributed by atoms with Gasteiger partial charge in [0.2, 0.25) is 0 Å². The molecule has 0 aliphatic carbocycles. The van der Waals surface area contributed by atoms with E-state index in [-0.39, 0.29) is 0 Å². The van der Waals surface area contributed by atoms with Gasteiger partial charge in [0.25, 0.3) is 0 Å². The Hall–Kier alpha value is -1.38. The normalized spacial score (nSPS) is 11.9. The molecule has 0 amide bonds. The smallest absolute Gasteiger partial charge is 0.185 e. The van der Waals surface area contributed by atoms with Gasteiger partial charge in [-0.2, -0.15) is 0 Å². The van der Waals surface area contributed by atoms with Crippen molar-refractivity contribution in [3.8, 4) is 0 Å². The minimum atomic E-state index is 0.351. The van der Waals surface area contributed by atoms with E-state index >= 15 is 0 Å². The van der Waals surface area contributed by atoms with E-state index in [1.165, 1.54) is 5.56 Å². The van der Waals surface area contributed by atoms with Crippen molar-refractivity contribution >= 4 is 11.1 Å². The third kappa shape index (κ3) is 1.74. The van der Waals surface area contributed by atoms with E-state index in [1.807, 2.05) is 12.3 Å². The summed E-state index contributed by atoms with van der Waals surface area (Å²) in [7, 11) is 0. The summed E-state index contributed by atoms with van der Waals surface area (Å²) in [6.45, 7) is 8.47. The van der Waals surface area contributed by atoms with Crippen LogP contribution in [0.15, 0.2) is 16.8 Å². The second kappa shape index (κ2) is 3.65. The minimum absolute atomic E-state index is 0.351. The molecule has 0 aliphatic rings. The molecule has 2 heterocycles. The predicted octanol–water partition coefficient (Wildman–Crippen LogP) is 3.47. The lowest BCUT2D eigenvalue weighted by atomic mass is 10.0. The Morgan fingerprint density at radius 1 is 1.13 bits per heavy atom. The van der Waals surface area contributed by atoms with Crippen LogP contribution in [0.5, 0.6) is 0 Å². The Balaban J connectivity index is 2.57. The fraction of sp³-hybridized carbons (Fsp3) is 0.500. The van der Waals surface area contributed by atoms with Crippen LogP contribution in [0.4, 0.5) is 0 Å². The van der Waals surface area contributed by atoms with Gasteiger partial charge in [0.1, 0.15) is 11.2 Å². The average Bonchev–Trinajstić information content (AvgIpc) is 2.59. The number of fused-ring (bicyclic) bond motifs is 1. The highest BCUT2D eigenvalue weighted by Crippen LogP contribution is 2.25. The molecule has 15 heavy (non-hydrogen) atoms. The van der Waals surface area contributed by atoms with Gasteiger partial charge in [0, 0.05) is 12.1 Å². The van der Waals surface area contributed by atoms with Crippen LogP contribution < -0.4 is 0 Å². The molecule has 0 aromatic carbocycles. The fourth-order valence-electron chi connectivity index (χ4n) is 1.56. The first kappa shape index (κ1) is 10.1. The molecule has 0 fully saturated rings. The van der Waals surface area contributed by atoms with Crippen LogP contribution >= 0.6 is 0 Å². The fourth-order valence-corrected chi connectivity index (χ4v) is 1.56. The molecule has 2 aromatic rings. The molecule has 0 saturated carbocycles. The van der Waals surface area contributed by atoms with Crippen molar-refractivity contribution in [3.63, 3.8) is 0 Å². The van der Waals surface area contributed by atoms with Crippen LogP contribution in [-0.2, 0) is 0 Å². The van der Waals surface area contributed by atoms with Gasteiger partial charge in [-0.15, -0.1) is 0 Å². The van der Waals surface area contributed by atoms with Gasteiger partial charge >= 0.3 is 0 Å². The van der Waals surface area contributed by atoms with Crippen molar-refractivity contribution in [2.45, 2.75) is 39.5 Å². The summed E-state index contributed by atoms with van der Waals surface area (Å²) in [6.07, 6.45) is 1.91. The van der Waals surface area contributed by atoms with Crippen molar-refractivity contribution in [1.82, 2.24) is 10.1 Å². The molecule has 0 saturated heterocycles. The van der Waals surface area contributed by atoms with Gasteiger partial charge in [-0.05, 0) is 17.5 Å². The van der Waals surface area contributed by atoms with E-state index in [4.69, 9.17) is 4.52 Å². The second-order valence-electron chi connectivity index (χ2n) is 4.49. The molecule has 0 aliphatic heterocycles. The van der Waals surface area contributed by atoms with Crippen LogP contribution in [0.25, 0.3) is 11.1 Å². The minimum Gasteiger partial charge on any atom is -0.354 e. The maximum Gasteiger partial charge on any atom is 0.185 e. The Labute approximate surface area is 89.5 Å². The number of rotatable bonds is 2. The summed E-state index contributed by atoms with van der Waals surface area (Å²) < 4.78 is 5.29. The largest absolute Gasteiger partial charge is 0.354 e. The predicted molar refractivity (Wildman–Crippen MR) is 60.0 cm³/mol. The first-order valence-electron chi connectivity index (χ1n) is 5.34. The number of hydrogen-bond acceptors (Lipinski definition) is 3. The van der Waals surface area contributed by atoms with Crippen molar-refractivity contribution in [3.05, 3.63) is 23.5 Å². The van der Waals surface area contributed by atoms with Gasteiger partial charge in [0.15, 0.2) is 5.58 Å². The molecule has 2 aromatic heterocycles. The van der Waals surface area contributed by atoms with Crippen LogP contribution in [-0.4, -0.2) is 10.1 Å². The van der Waals surface area contributed by atoms with Crippen LogP contribution in [0.3, 0.4) is 0 Å². The number of pyridine rings is 1. The summed E-state index contributed by atoms with van der Waals surface area (Å²) in [4.78, 5) is 4.43. The zero-order valence-corrected chi connectivity index (χ0v) is 9.61. The average molecular weight is 204 g/mol. The summed E-state index contributed by atoms with van der Waals surface area (Å²) in [5.74, 6) is 0.818. The van der Waals surface area contributed by atoms with E-state index in [0.29, 0.717) is 11.8 Å². The maximum atomic E-state index is 5.29. The highest BCUT2D eigenvalue weighted by molar-refractivity contribution is 5.75. The third-order valence-corrected chi connectivity index (χ3v) is 2.57. The molecule has 0 spiro atoms. The molecule has 0 unspecified atom stereocenters. The molecule has 0 radical (unpaired) electrons. The van der Waals surface area contributed by atoms with Crippen molar-refractivity contribution in [2.24, 2.45) is 0 Å². The lowest BCUT2D eigenvalue weighted by Crippen LogP contribution is -1.91. The van der Waals surface area contributed by atoms with Gasteiger partial charge in [-0.3, -0.25) is 4.98 Å². The van der Waals surface area contributed by atoms with E-state index < -0.39 is 0 Å². The summed E-state index contributed by atoms with van der Waals surface area (Å²) in [5.41, 5.74) is 3.83. The zero-order chi connectivity index (χ0) is 11.0. The van der Waals surface area contributed by atoms with E-state index in [0.717, 1.165) is 16.8 Å². The van der Waals surface area contributed by atoms with E-state index in [9.17, 15) is 0 Å². The quantitative estimate of drug-likeness (QED) is 0.751. The van der Waals surface area contributed by atoms with Crippen molar-refractivity contribution in [1.29, 1.82) is 0 Å². The van der Waals surface area contributed by atoms with Crippen LogP contribution in [0, 0.1) is 0 Å². The highest BCUT2D eigenvalue weighted by Gasteiger charge is 2.13. The standard InChI is InChI=1S/C12H16N2O/c1-7(2)9-5-10-12(13-6-9)11(8(3)4)14-15-10/h5-8H,1-4H3. The Morgan fingerprint density at radius 2 is 1.87 bits per heavy atom. The number of nitrogens with zero attached hydrogens (tertiary/aromatic N) is 2. The van der Waals surface area contributed by atoms with Crippen LogP contribution in [0.2, 0.25) is 0 Å². The molecular weight excluding hydrogens is 188 g/mol. The van der Waals surface area contributed by atoms with E-state index in [2.05, 4.69) is 37.8 Å². The molecule has 0 N–H and O–H groups in total. The first-order valence-corrected chi connectivity index (χ1v) is 5.34. The number of aromatic nitrogens is 2. The topological polar surface area (TPSA) is 38.9 Å². The SMILES string of the molecule is CC(C)c1cnc2c(C(C)C)noc2c1.